The number of esters is 2. The number of benzene rings is 2. The van der Waals surface area contributed by atoms with Crippen molar-refractivity contribution in [3.8, 4) is 0 Å². The topological polar surface area (TPSA) is 122 Å². The van der Waals surface area contributed by atoms with Gasteiger partial charge < -0.3 is 24.8 Å². The van der Waals surface area contributed by atoms with Crippen molar-refractivity contribution in [2.45, 2.75) is 0 Å². The summed E-state index contributed by atoms with van der Waals surface area (Å²) in [6.45, 7) is -0.518. The smallest absolute Gasteiger partial charge is 0.338 e. The van der Waals surface area contributed by atoms with Crippen LogP contribution >= 0.6 is 0 Å². The Labute approximate surface area is 184 Å². The Balaban J connectivity index is 1.65. The number of amides is 1. The predicted molar refractivity (Wildman–Crippen MR) is 114 cm³/mol. The number of nitrogens with one attached hydrogen (secondary N) is 1. The molecular weight excluding hydrogens is 416 g/mol. The average molecular weight is 438 g/mol. The van der Waals surface area contributed by atoms with Crippen molar-refractivity contribution in [3.63, 3.8) is 0 Å². The van der Waals surface area contributed by atoms with Crippen molar-refractivity contribution >= 4 is 29.3 Å². The molecule has 1 heterocycles. The van der Waals surface area contributed by atoms with Gasteiger partial charge in [-0.05, 0) is 24.3 Å². The van der Waals surface area contributed by atoms with Crippen molar-refractivity contribution in [1.82, 2.24) is 4.90 Å². The number of carbonyl (C=O) groups is 4. The predicted octanol–water partition coefficient (Wildman–Crippen LogP) is 1.40. The molecule has 1 amide bonds. The van der Waals surface area contributed by atoms with E-state index >= 15 is 0 Å². The third-order valence-corrected chi connectivity index (χ3v) is 4.77. The van der Waals surface area contributed by atoms with Crippen molar-refractivity contribution < 1.29 is 33.8 Å². The van der Waals surface area contributed by atoms with Crippen molar-refractivity contribution in [2.24, 2.45) is 0 Å². The summed E-state index contributed by atoms with van der Waals surface area (Å²) in [5, 5.41) is 12.0. The highest BCUT2D eigenvalue weighted by Gasteiger charge is 2.34. The van der Waals surface area contributed by atoms with Crippen LogP contribution < -0.4 is 5.32 Å². The number of nitrogens with zero attached hydrogens (tertiary/aromatic N) is 1. The summed E-state index contributed by atoms with van der Waals surface area (Å²) >= 11 is 0. The maximum atomic E-state index is 12.6. The molecule has 32 heavy (non-hydrogen) atoms. The molecule has 3 rings (SSSR count). The molecule has 0 atom stereocenters. The minimum atomic E-state index is -0.665. The zero-order valence-corrected chi connectivity index (χ0v) is 17.4. The van der Waals surface area contributed by atoms with Crippen molar-refractivity contribution in [1.29, 1.82) is 0 Å². The first-order valence-corrected chi connectivity index (χ1v) is 9.78. The highest BCUT2D eigenvalue weighted by molar-refractivity contribution is 6.08. The number of aliphatic hydroxyl groups excluding tert-OH is 1. The van der Waals surface area contributed by atoms with Gasteiger partial charge in [-0.1, -0.05) is 30.3 Å². The maximum Gasteiger partial charge on any atom is 0.338 e. The Kier molecular flexibility index (Phi) is 7.35. The Morgan fingerprint density at radius 2 is 1.69 bits per heavy atom. The summed E-state index contributed by atoms with van der Waals surface area (Å²) in [5.74, 6) is -2.07. The summed E-state index contributed by atoms with van der Waals surface area (Å²) in [7, 11) is 1.22. The first kappa shape index (κ1) is 22.7. The molecule has 0 saturated heterocycles. The van der Waals surface area contributed by atoms with E-state index in [1.807, 2.05) is 0 Å². The maximum absolute atomic E-state index is 12.6. The molecule has 166 valence electrons. The number of hydrogen-bond donors (Lipinski definition) is 2. The number of ketones is 1. The molecule has 9 heteroatoms. The lowest BCUT2D eigenvalue weighted by Gasteiger charge is -2.15. The van der Waals surface area contributed by atoms with Crippen LogP contribution in [0.3, 0.4) is 0 Å². The Hall–Kier alpha value is -3.98. The monoisotopic (exact) mass is 438 g/mol. The zero-order chi connectivity index (χ0) is 23.1. The summed E-state index contributed by atoms with van der Waals surface area (Å²) in [6, 6.07) is 14.5. The lowest BCUT2D eigenvalue weighted by molar-refractivity contribution is -0.136. The molecular formula is C23H22N2O7. The summed E-state index contributed by atoms with van der Waals surface area (Å²) < 4.78 is 9.81. The Bertz CT molecular complexity index is 1050. The Morgan fingerprint density at radius 3 is 2.31 bits per heavy atom. The molecule has 0 bridgehead atoms. The van der Waals surface area contributed by atoms with E-state index in [0.717, 1.165) is 0 Å². The average Bonchev–Trinajstić information content (AvgIpc) is 3.13. The third kappa shape index (κ3) is 5.19. The second kappa shape index (κ2) is 10.4. The van der Waals surface area contributed by atoms with E-state index in [2.05, 4.69) is 5.32 Å². The van der Waals surface area contributed by atoms with Crippen molar-refractivity contribution in [3.05, 3.63) is 77.0 Å². The van der Waals surface area contributed by atoms with E-state index in [-0.39, 0.29) is 48.9 Å². The van der Waals surface area contributed by atoms with Gasteiger partial charge in [-0.25, -0.2) is 9.59 Å². The van der Waals surface area contributed by atoms with Gasteiger partial charge in [0.25, 0.3) is 5.91 Å². The number of carbonyl (C=O) groups excluding carboxylic acids is 4. The number of ether oxygens (including phenoxy) is 2. The minimum absolute atomic E-state index is 0.0221. The van der Waals surface area contributed by atoms with E-state index in [4.69, 9.17) is 14.6 Å². The summed E-state index contributed by atoms with van der Waals surface area (Å²) in [4.78, 5) is 50.2. The number of anilines is 1. The molecule has 2 N–H and O–H groups in total. The molecule has 0 fully saturated rings. The number of methoxy groups -OCH3 is 1. The first-order valence-electron chi connectivity index (χ1n) is 9.78. The van der Waals surface area contributed by atoms with E-state index in [1.165, 1.54) is 24.1 Å². The molecule has 0 unspecified atom stereocenters. The highest BCUT2D eigenvalue weighted by atomic mass is 16.5. The van der Waals surface area contributed by atoms with Crippen LogP contribution in [0.5, 0.6) is 0 Å². The second-order valence-electron chi connectivity index (χ2n) is 6.86. The molecule has 0 aliphatic carbocycles. The van der Waals surface area contributed by atoms with Crippen molar-refractivity contribution in [2.75, 3.05) is 38.7 Å². The van der Waals surface area contributed by atoms with Gasteiger partial charge in [-0.15, -0.1) is 0 Å². The van der Waals surface area contributed by atoms with E-state index in [0.29, 0.717) is 11.3 Å². The highest BCUT2D eigenvalue weighted by Crippen LogP contribution is 2.23. The van der Waals surface area contributed by atoms with Gasteiger partial charge in [-0.3, -0.25) is 9.59 Å². The SMILES string of the molecule is COC(=O)C1=C(Nc2ccc(C(=O)OCC(=O)c3ccccc3)cc2)C(=O)N(CCO)C1. The normalized spacial score (nSPS) is 13.2. The second-order valence-corrected chi connectivity index (χ2v) is 6.86. The summed E-state index contributed by atoms with van der Waals surface area (Å²) in [5.41, 5.74) is 1.32. The van der Waals surface area contributed by atoms with Gasteiger partial charge in [0.15, 0.2) is 12.4 Å². The molecule has 2 aromatic rings. The number of hydrogen-bond acceptors (Lipinski definition) is 8. The molecule has 0 aromatic heterocycles. The molecule has 0 radical (unpaired) electrons. The van der Waals surface area contributed by atoms with Crippen LogP contribution in [-0.2, 0) is 19.1 Å². The van der Waals surface area contributed by atoms with Crippen LogP contribution in [0, 0.1) is 0 Å². The minimum Gasteiger partial charge on any atom is -0.466 e. The van der Waals surface area contributed by atoms with Crippen LogP contribution in [0.25, 0.3) is 0 Å². The van der Waals surface area contributed by atoms with Crippen LogP contribution in [0.1, 0.15) is 20.7 Å². The van der Waals surface area contributed by atoms with Gasteiger partial charge in [-0.2, -0.15) is 0 Å². The molecule has 2 aromatic carbocycles. The fourth-order valence-corrected chi connectivity index (χ4v) is 3.10. The number of aliphatic hydroxyl groups is 1. The van der Waals surface area contributed by atoms with Crippen LogP contribution in [0.2, 0.25) is 0 Å². The molecule has 0 saturated carbocycles. The van der Waals surface area contributed by atoms with E-state index in [9.17, 15) is 19.2 Å². The van der Waals surface area contributed by atoms with Crippen LogP contribution in [0.15, 0.2) is 65.9 Å². The van der Waals surface area contributed by atoms with Gasteiger partial charge in [0, 0.05) is 17.8 Å². The van der Waals surface area contributed by atoms with Gasteiger partial charge in [0.05, 0.1) is 31.4 Å². The Morgan fingerprint density at radius 1 is 1.00 bits per heavy atom. The quantitative estimate of drug-likeness (QED) is 0.445. The molecule has 9 nitrogen and oxygen atoms in total. The molecule has 0 spiro atoms. The number of rotatable bonds is 9. The largest absolute Gasteiger partial charge is 0.466 e. The summed E-state index contributed by atoms with van der Waals surface area (Å²) in [6.07, 6.45) is 0. The standard InChI is InChI=1S/C23H22N2O7/c1-31-23(30)18-13-25(11-12-26)21(28)20(18)24-17-9-7-16(8-10-17)22(29)32-14-19(27)15-5-3-2-4-6-15/h2-10,24,26H,11-14H2,1H3. The van der Waals surface area contributed by atoms with Crippen LogP contribution in [-0.4, -0.2) is 67.0 Å². The number of Topliss-reactive ketones (excluding diaryl/α,β-unsaturated/α-hetero) is 1. The fourth-order valence-electron chi connectivity index (χ4n) is 3.10. The van der Waals surface area contributed by atoms with Gasteiger partial charge in [0.1, 0.15) is 5.70 Å². The fraction of sp³-hybridized carbons (Fsp3) is 0.217. The lowest BCUT2D eigenvalue weighted by Crippen LogP contribution is -2.31. The van der Waals surface area contributed by atoms with Gasteiger partial charge >= 0.3 is 11.9 Å². The lowest BCUT2D eigenvalue weighted by atomic mass is 10.1. The van der Waals surface area contributed by atoms with Crippen LogP contribution in [0.4, 0.5) is 5.69 Å². The van der Waals surface area contributed by atoms with Gasteiger partial charge in [0.2, 0.25) is 0 Å². The number of β-amino-alcohol motifs (C(OH)–C–C–N with tert-alkyl or cyclic N) is 1. The third-order valence-electron chi connectivity index (χ3n) is 4.77. The molecule has 1 aliphatic rings. The zero-order valence-electron chi connectivity index (χ0n) is 17.4. The van der Waals surface area contributed by atoms with E-state index in [1.54, 1.807) is 42.5 Å². The van der Waals surface area contributed by atoms with E-state index < -0.39 is 17.8 Å². The molecule has 1 aliphatic heterocycles. The first-order chi connectivity index (χ1) is 15.4.